The van der Waals surface area contributed by atoms with Crippen molar-refractivity contribution < 1.29 is 9.90 Å². The Bertz CT molecular complexity index is 377. The van der Waals surface area contributed by atoms with Crippen LogP contribution in [0.25, 0.3) is 0 Å². The molecule has 88 valence electrons. The smallest absolute Gasteiger partial charge is 0.308 e. The number of thiophene rings is 1. The van der Waals surface area contributed by atoms with Crippen LogP contribution in [0, 0.1) is 5.92 Å². The van der Waals surface area contributed by atoms with Gasteiger partial charge in [0.05, 0.1) is 5.92 Å². The minimum atomic E-state index is -0.706. The molecule has 1 fully saturated rings. The van der Waals surface area contributed by atoms with Crippen LogP contribution in [-0.2, 0) is 8.87 Å². The molecule has 1 saturated heterocycles. The number of carboxylic acid groups (broad SMARTS) is 1. The molecule has 2 heterocycles. The van der Waals surface area contributed by atoms with Crippen molar-refractivity contribution in [1.82, 2.24) is 0 Å². The summed E-state index contributed by atoms with van der Waals surface area (Å²) in [6.07, 6.45) is 0. The zero-order valence-corrected chi connectivity index (χ0v) is 11.6. The maximum absolute atomic E-state index is 11.3. The first kappa shape index (κ1) is 12.3. The first-order valence-electron chi connectivity index (χ1n) is 5.15. The average molecular weight is 274 g/mol. The summed E-state index contributed by atoms with van der Waals surface area (Å²) in [4.78, 5) is 12.5. The molecule has 16 heavy (non-hydrogen) atoms. The molecule has 1 N–H and O–H groups in total. The van der Waals surface area contributed by atoms with E-state index in [4.69, 9.17) is 0 Å². The molecule has 1 aromatic rings. The molecule has 3 atom stereocenters. The molecule has 2 nitrogen and oxygen atoms in total. The van der Waals surface area contributed by atoms with E-state index in [0.717, 1.165) is 5.75 Å². The van der Waals surface area contributed by atoms with Crippen LogP contribution in [0.5, 0.6) is 0 Å². The van der Waals surface area contributed by atoms with Crippen molar-refractivity contribution in [3.8, 4) is 0 Å². The molecule has 0 aromatic carbocycles. The van der Waals surface area contributed by atoms with Crippen molar-refractivity contribution in [3.63, 3.8) is 0 Å². The average Bonchev–Trinajstić information content (AvgIpc) is 2.85. The van der Waals surface area contributed by atoms with Gasteiger partial charge in [-0.3, -0.25) is 4.79 Å². The van der Waals surface area contributed by atoms with Crippen LogP contribution >= 0.6 is 34.9 Å². The standard InChI is InChI=1S/C11H14O2S3/c1-7-6-15-11(16-7,8(2)10(12)13)9-4-3-5-14-9/h3-5,7-8H,6H2,1-2H3,(H,12,13). The maximum Gasteiger partial charge on any atom is 0.308 e. The zero-order chi connectivity index (χ0) is 11.8. The van der Waals surface area contributed by atoms with Gasteiger partial charge in [-0.15, -0.1) is 34.9 Å². The first-order valence-corrected chi connectivity index (χ1v) is 7.89. The van der Waals surface area contributed by atoms with Gasteiger partial charge in [0.25, 0.3) is 0 Å². The van der Waals surface area contributed by atoms with Gasteiger partial charge in [-0.1, -0.05) is 13.0 Å². The lowest BCUT2D eigenvalue weighted by Crippen LogP contribution is -2.30. The Hall–Kier alpha value is -0.130. The highest BCUT2D eigenvalue weighted by molar-refractivity contribution is 8.21. The third-order valence-electron chi connectivity index (χ3n) is 2.71. The van der Waals surface area contributed by atoms with Crippen molar-refractivity contribution in [3.05, 3.63) is 22.4 Å². The lowest BCUT2D eigenvalue weighted by Gasteiger charge is -2.30. The van der Waals surface area contributed by atoms with Crippen LogP contribution in [0.3, 0.4) is 0 Å². The number of hydrogen-bond donors (Lipinski definition) is 1. The molecular formula is C11H14O2S3. The van der Waals surface area contributed by atoms with E-state index in [-0.39, 0.29) is 10.00 Å². The quantitative estimate of drug-likeness (QED) is 0.915. The summed E-state index contributed by atoms with van der Waals surface area (Å²) in [6.45, 7) is 3.99. The Morgan fingerprint density at radius 3 is 2.88 bits per heavy atom. The van der Waals surface area contributed by atoms with Gasteiger partial charge in [0.15, 0.2) is 0 Å². The fraction of sp³-hybridized carbons (Fsp3) is 0.545. The summed E-state index contributed by atoms with van der Waals surface area (Å²) in [6, 6.07) is 4.06. The van der Waals surface area contributed by atoms with E-state index in [1.54, 1.807) is 34.9 Å². The van der Waals surface area contributed by atoms with Crippen molar-refractivity contribution in [2.75, 3.05) is 5.75 Å². The summed E-state index contributed by atoms with van der Waals surface area (Å²) in [5.41, 5.74) is 0. The fourth-order valence-corrected chi connectivity index (χ4v) is 6.80. The molecule has 2 rings (SSSR count). The van der Waals surface area contributed by atoms with Gasteiger partial charge in [0.2, 0.25) is 0 Å². The third-order valence-corrected chi connectivity index (χ3v) is 7.99. The van der Waals surface area contributed by atoms with Gasteiger partial charge >= 0.3 is 5.97 Å². The van der Waals surface area contributed by atoms with E-state index in [2.05, 4.69) is 13.0 Å². The largest absolute Gasteiger partial charge is 0.481 e. The van der Waals surface area contributed by atoms with Crippen molar-refractivity contribution in [1.29, 1.82) is 0 Å². The number of rotatable bonds is 3. The van der Waals surface area contributed by atoms with E-state index >= 15 is 0 Å². The van der Waals surface area contributed by atoms with E-state index in [0.29, 0.717) is 5.25 Å². The molecule has 0 amide bonds. The number of thioether (sulfide) groups is 2. The summed E-state index contributed by atoms with van der Waals surface area (Å²) in [5, 5.41) is 11.8. The van der Waals surface area contributed by atoms with Gasteiger partial charge in [0, 0.05) is 15.9 Å². The Labute approximate surface area is 108 Å². The number of hydrogen-bond acceptors (Lipinski definition) is 4. The van der Waals surface area contributed by atoms with Crippen molar-refractivity contribution in [2.45, 2.75) is 23.2 Å². The molecule has 1 aliphatic rings. The molecule has 5 heteroatoms. The van der Waals surface area contributed by atoms with E-state index in [1.165, 1.54) is 4.88 Å². The monoisotopic (exact) mass is 274 g/mol. The Balaban J connectivity index is 2.38. The molecule has 0 radical (unpaired) electrons. The van der Waals surface area contributed by atoms with Crippen LogP contribution < -0.4 is 0 Å². The minimum absolute atomic E-state index is 0.278. The van der Waals surface area contributed by atoms with Crippen molar-refractivity contribution >= 4 is 40.8 Å². The second-order valence-corrected chi connectivity index (χ2v) is 8.10. The third kappa shape index (κ3) is 2.00. The van der Waals surface area contributed by atoms with Crippen LogP contribution in [-0.4, -0.2) is 22.1 Å². The zero-order valence-electron chi connectivity index (χ0n) is 9.17. The van der Waals surface area contributed by atoms with Gasteiger partial charge in [0.1, 0.15) is 4.08 Å². The lowest BCUT2D eigenvalue weighted by atomic mass is 10.1. The number of aliphatic carboxylic acids is 1. The van der Waals surface area contributed by atoms with E-state index < -0.39 is 5.97 Å². The molecule has 0 spiro atoms. The Morgan fingerprint density at radius 1 is 1.69 bits per heavy atom. The highest BCUT2D eigenvalue weighted by Crippen LogP contribution is 2.60. The molecule has 0 aliphatic carbocycles. The van der Waals surface area contributed by atoms with Crippen LogP contribution in [0.4, 0.5) is 0 Å². The SMILES string of the molecule is CC1CSC(c2cccs2)(C(C)C(=O)O)S1. The summed E-state index contributed by atoms with van der Waals surface area (Å²) >= 11 is 5.25. The van der Waals surface area contributed by atoms with Crippen LogP contribution in [0.2, 0.25) is 0 Å². The maximum atomic E-state index is 11.3. The highest BCUT2D eigenvalue weighted by Gasteiger charge is 2.48. The molecule has 0 bridgehead atoms. The van der Waals surface area contributed by atoms with Gasteiger partial charge < -0.3 is 5.11 Å². The summed E-state index contributed by atoms with van der Waals surface area (Å²) in [7, 11) is 0. The topological polar surface area (TPSA) is 37.3 Å². The molecule has 0 saturated carbocycles. The minimum Gasteiger partial charge on any atom is -0.481 e. The van der Waals surface area contributed by atoms with Crippen LogP contribution in [0.15, 0.2) is 17.5 Å². The predicted molar refractivity (Wildman–Crippen MR) is 72.3 cm³/mol. The predicted octanol–water partition coefficient (Wildman–Crippen LogP) is 3.49. The summed E-state index contributed by atoms with van der Waals surface area (Å²) < 4.78 is -0.278. The van der Waals surface area contributed by atoms with E-state index in [9.17, 15) is 9.90 Å². The number of carbonyl (C=O) groups is 1. The second-order valence-electron chi connectivity index (χ2n) is 3.94. The lowest BCUT2D eigenvalue weighted by molar-refractivity contribution is -0.141. The molecule has 1 aliphatic heterocycles. The van der Waals surface area contributed by atoms with Crippen LogP contribution in [0.1, 0.15) is 18.7 Å². The Morgan fingerprint density at radius 2 is 2.44 bits per heavy atom. The van der Waals surface area contributed by atoms with Gasteiger partial charge in [-0.05, 0) is 18.4 Å². The highest BCUT2D eigenvalue weighted by atomic mass is 32.2. The first-order chi connectivity index (χ1) is 7.56. The van der Waals surface area contributed by atoms with Gasteiger partial charge in [-0.2, -0.15) is 0 Å². The molecular weight excluding hydrogens is 260 g/mol. The molecule has 1 aromatic heterocycles. The summed E-state index contributed by atoms with van der Waals surface area (Å²) in [5.74, 6) is -0.0335. The number of carboxylic acids is 1. The fourth-order valence-electron chi connectivity index (χ4n) is 1.82. The van der Waals surface area contributed by atoms with E-state index in [1.807, 2.05) is 18.4 Å². The molecule has 3 unspecified atom stereocenters. The van der Waals surface area contributed by atoms with Gasteiger partial charge in [-0.25, -0.2) is 0 Å². The Kier molecular flexibility index (Phi) is 3.56. The van der Waals surface area contributed by atoms with Crippen molar-refractivity contribution in [2.24, 2.45) is 5.92 Å². The second kappa shape index (κ2) is 4.63. The normalized spacial score (nSPS) is 31.5.